The van der Waals surface area contributed by atoms with Crippen LogP contribution >= 0.6 is 0 Å². The van der Waals surface area contributed by atoms with Crippen LogP contribution in [0.5, 0.6) is 0 Å². The molecule has 0 radical (unpaired) electrons. The predicted molar refractivity (Wildman–Crippen MR) is 71.3 cm³/mol. The Labute approximate surface area is 111 Å². The first kappa shape index (κ1) is 13.5. The Morgan fingerprint density at radius 1 is 1.26 bits per heavy atom. The fraction of sp³-hybridized carbons (Fsp3) is 0.385. The Balaban J connectivity index is 1.96. The second-order valence-corrected chi connectivity index (χ2v) is 4.43. The van der Waals surface area contributed by atoms with Gasteiger partial charge in [-0.05, 0) is 12.1 Å². The maximum atomic E-state index is 11.9. The molecular formula is C13H17N3O3. The van der Waals surface area contributed by atoms with Crippen LogP contribution in [-0.4, -0.2) is 54.6 Å². The van der Waals surface area contributed by atoms with Crippen LogP contribution in [-0.2, 0) is 4.79 Å². The van der Waals surface area contributed by atoms with Gasteiger partial charge < -0.3 is 15.7 Å². The molecule has 1 saturated heterocycles. The minimum Gasteiger partial charge on any atom is -0.478 e. The molecule has 0 aliphatic carbocycles. The van der Waals surface area contributed by atoms with E-state index in [0.717, 1.165) is 26.2 Å². The minimum atomic E-state index is -1.04. The lowest BCUT2D eigenvalue weighted by Crippen LogP contribution is -2.46. The van der Waals surface area contributed by atoms with Crippen LogP contribution in [0.3, 0.4) is 0 Å². The molecule has 1 heterocycles. The lowest BCUT2D eigenvalue weighted by atomic mass is 10.2. The van der Waals surface area contributed by atoms with Gasteiger partial charge in [-0.25, -0.2) is 4.79 Å². The number of carboxylic acids is 1. The Morgan fingerprint density at radius 2 is 1.95 bits per heavy atom. The maximum absolute atomic E-state index is 11.9. The Bertz CT molecular complexity index is 470. The quantitative estimate of drug-likeness (QED) is 0.724. The van der Waals surface area contributed by atoms with E-state index in [1.807, 2.05) is 4.90 Å². The summed E-state index contributed by atoms with van der Waals surface area (Å²) >= 11 is 0. The summed E-state index contributed by atoms with van der Waals surface area (Å²) in [6.45, 7) is 3.69. The maximum Gasteiger partial charge on any atom is 0.337 e. The van der Waals surface area contributed by atoms with Crippen LogP contribution in [0.25, 0.3) is 0 Å². The summed E-state index contributed by atoms with van der Waals surface area (Å²) in [7, 11) is 0. The molecule has 0 unspecified atom stereocenters. The highest BCUT2D eigenvalue weighted by atomic mass is 16.4. The largest absolute Gasteiger partial charge is 0.478 e. The number of amides is 1. The van der Waals surface area contributed by atoms with Gasteiger partial charge in [0.25, 0.3) is 0 Å². The topological polar surface area (TPSA) is 81.7 Å². The smallest absolute Gasteiger partial charge is 0.337 e. The first-order valence-corrected chi connectivity index (χ1v) is 6.22. The van der Waals surface area contributed by atoms with Crippen LogP contribution < -0.4 is 10.6 Å². The van der Waals surface area contributed by atoms with Crippen molar-refractivity contribution in [2.75, 3.05) is 38.0 Å². The monoisotopic (exact) mass is 263 g/mol. The van der Waals surface area contributed by atoms with E-state index in [9.17, 15) is 9.59 Å². The molecule has 2 rings (SSSR count). The minimum absolute atomic E-state index is 0.108. The number of carbonyl (C=O) groups is 2. The highest BCUT2D eigenvalue weighted by molar-refractivity contribution is 6.01. The normalized spacial score (nSPS) is 16.0. The lowest BCUT2D eigenvalue weighted by molar-refractivity contribution is -0.117. The third-order valence-electron chi connectivity index (χ3n) is 3.01. The van der Waals surface area contributed by atoms with Gasteiger partial charge in [-0.3, -0.25) is 9.69 Å². The molecule has 19 heavy (non-hydrogen) atoms. The fourth-order valence-electron chi connectivity index (χ4n) is 2.04. The zero-order valence-electron chi connectivity index (χ0n) is 10.6. The average molecular weight is 263 g/mol. The van der Waals surface area contributed by atoms with E-state index < -0.39 is 5.97 Å². The summed E-state index contributed by atoms with van der Waals surface area (Å²) in [5.74, 6) is -1.23. The third-order valence-corrected chi connectivity index (χ3v) is 3.01. The Hall–Kier alpha value is -1.92. The number of carbonyl (C=O) groups excluding carboxylic acids is 1. The van der Waals surface area contributed by atoms with Gasteiger partial charge in [0.15, 0.2) is 0 Å². The summed E-state index contributed by atoms with van der Waals surface area (Å²) in [4.78, 5) is 24.9. The molecule has 0 bridgehead atoms. The number of aromatic carboxylic acids is 1. The van der Waals surface area contributed by atoms with E-state index >= 15 is 0 Å². The molecular weight excluding hydrogens is 246 g/mol. The lowest BCUT2D eigenvalue weighted by Gasteiger charge is -2.26. The predicted octanol–water partition coefficient (Wildman–Crippen LogP) is 0.229. The number of benzene rings is 1. The van der Waals surface area contributed by atoms with Gasteiger partial charge in [0, 0.05) is 26.2 Å². The van der Waals surface area contributed by atoms with Crippen molar-refractivity contribution in [3.8, 4) is 0 Å². The molecule has 3 N–H and O–H groups in total. The number of para-hydroxylation sites is 1. The van der Waals surface area contributed by atoms with E-state index in [0.29, 0.717) is 5.69 Å². The van der Waals surface area contributed by atoms with Crippen molar-refractivity contribution < 1.29 is 14.7 Å². The van der Waals surface area contributed by atoms with Crippen LogP contribution in [0, 0.1) is 0 Å². The molecule has 1 amide bonds. The summed E-state index contributed by atoms with van der Waals surface area (Å²) < 4.78 is 0. The summed E-state index contributed by atoms with van der Waals surface area (Å²) in [6.07, 6.45) is 0. The second-order valence-electron chi connectivity index (χ2n) is 4.43. The summed E-state index contributed by atoms with van der Waals surface area (Å²) in [5, 5.41) is 14.9. The van der Waals surface area contributed by atoms with E-state index in [4.69, 9.17) is 5.11 Å². The molecule has 6 heteroatoms. The second kappa shape index (κ2) is 6.31. The van der Waals surface area contributed by atoms with Crippen LogP contribution in [0.4, 0.5) is 5.69 Å². The number of hydrogen-bond donors (Lipinski definition) is 3. The standard InChI is InChI=1S/C13H17N3O3/c17-12(9-16-7-5-14-6-8-16)15-11-4-2-1-3-10(11)13(18)19/h1-4,14H,5-9H2,(H,15,17)(H,18,19). The Kier molecular flexibility index (Phi) is 4.48. The molecule has 1 aliphatic rings. The first-order valence-electron chi connectivity index (χ1n) is 6.22. The number of rotatable bonds is 4. The third kappa shape index (κ3) is 3.77. The van der Waals surface area contributed by atoms with E-state index in [1.165, 1.54) is 6.07 Å². The van der Waals surface area contributed by atoms with Crippen LogP contribution in [0.1, 0.15) is 10.4 Å². The van der Waals surface area contributed by atoms with Gasteiger partial charge in [0.1, 0.15) is 0 Å². The van der Waals surface area contributed by atoms with Crippen LogP contribution in [0.2, 0.25) is 0 Å². The molecule has 0 saturated carbocycles. The molecule has 1 aromatic rings. The highest BCUT2D eigenvalue weighted by Gasteiger charge is 2.15. The Morgan fingerprint density at radius 3 is 2.63 bits per heavy atom. The van der Waals surface area contributed by atoms with Crippen molar-refractivity contribution in [3.63, 3.8) is 0 Å². The van der Waals surface area contributed by atoms with Crippen molar-refractivity contribution in [2.45, 2.75) is 0 Å². The molecule has 0 spiro atoms. The highest BCUT2D eigenvalue weighted by Crippen LogP contribution is 2.14. The number of nitrogens with one attached hydrogen (secondary N) is 2. The summed E-state index contributed by atoms with van der Waals surface area (Å²) in [6, 6.07) is 6.41. The van der Waals surface area contributed by atoms with Gasteiger partial charge in [-0.15, -0.1) is 0 Å². The zero-order valence-corrected chi connectivity index (χ0v) is 10.6. The molecule has 0 atom stereocenters. The zero-order chi connectivity index (χ0) is 13.7. The van der Waals surface area contributed by atoms with Crippen molar-refractivity contribution in [3.05, 3.63) is 29.8 Å². The van der Waals surface area contributed by atoms with E-state index in [2.05, 4.69) is 10.6 Å². The molecule has 1 aromatic carbocycles. The first-order chi connectivity index (χ1) is 9.16. The van der Waals surface area contributed by atoms with Crippen molar-refractivity contribution in [2.24, 2.45) is 0 Å². The van der Waals surface area contributed by atoms with Gasteiger partial charge in [-0.2, -0.15) is 0 Å². The number of piperazine rings is 1. The molecule has 1 fully saturated rings. The molecule has 6 nitrogen and oxygen atoms in total. The average Bonchev–Trinajstić information content (AvgIpc) is 2.40. The fourth-order valence-corrected chi connectivity index (χ4v) is 2.04. The van der Waals surface area contributed by atoms with Crippen LogP contribution in [0.15, 0.2) is 24.3 Å². The van der Waals surface area contributed by atoms with Gasteiger partial charge in [0.05, 0.1) is 17.8 Å². The van der Waals surface area contributed by atoms with E-state index in [-0.39, 0.29) is 18.0 Å². The SMILES string of the molecule is O=C(CN1CCNCC1)Nc1ccccc1C(=O)O. The molecule has 0 aromatic heterocycles. The number of anilines is 1. The van der Waals surface area contributed by atoms with Crippen molar-refractivity contribution in [1.82, 2.24) is 10.2 Å². The van der Waals surface area contributed by atoms with Crippen molar-refractivity contribution >= 4 is 17.6 Å². The number of nitrogens with zero attached hydrogens (tertiary/aromatic N) is 1. The van der Waals surface area contributed by atoms with Gasteiger partial charge in [0.2, 0.25) is 5.91 Å². The van der Waals surface area contributed by atoms with Gasteiger partial charge in [-0.1, -0.05) is 12.1 Å². The summed E-state index contributed by atoms with van der Waals surface area (Å²) in [5.41, 5.74) is 0.450. The molecule has 1 aliphatic heterocycles. The van der Waals surface area contributed by atoms with Crippen molar-refractivity contribution in [1.29, 1.82) is 0 Å². The number of carboxylic acid groups (broad SMARTS) is 1. The molecule has 102 valence electrons. The van der Waals surface area contributed by atoms with E-state index in [1.54, 1.807) is 18.2 Å². The number of hydrogen-bond acceptors (Lipinski definition) is 4. The van der Waals surface area contributed by atoms with Gasteiger partial charge >= 0.3 is 5.97 Å².